The molecule has 1 aliphatic rings. The van der Waals surface area contributed by atoms with E-state index in [1.54, 1.807) is 28.9 Å². The molecule has 4 aromatic rings. The van der Waals surface area contributed by atoms with Crippen molar-refractivity contribution in [3.63, 3.8) is 0 Å². The molecule has 0 radical (unpaired) electrons. The first-order valence-corrected chi connectivity index (χ1v) is 10.7. The van der Waals surface area contributed by atoms with Gasteiger partial charge in [0.1, 0.15) is 10.8 Å². The molecule has 4 heterocycles. The number of nitrogens with zero attached hydrogens (tertiary/aromatic N) is 7. The van der Waals surface area contributed by atoms with E-state index < -0.39 is 17.8 Å². The molecule has 0 saturated heterocycles. The molecule has 2 atom stereocenters. The fourth-order valence-corrected chi connectivity index (χ4v) is 4.60. The second-order valence-corrected chi connectivity index (χ2v) is 8.28. The van der Waals surface area contributed by atoms with Crippen LogP contribution < -0.4 is 0 Å². The average Bonchev–Trinajstić information content (AvgIpc) is 3.46. The van der Waals surface area contributed by atoms with E-state index in [0.717, 1.165) is 22.8 Å². The predicted molar refractivity (Wildman–Crippen MR) is 118 cm³/mol. The van der Waals surface area contributed by atoms with Crippen LogP contribution in [0.1, 0.15) is 51.7 Å². The minimum atomic E-state index is -0.632. The maximum atomic E-state index is 14.1. The Bertz CT molecular complexity index is 1460. The van der Waals surface area contributed by atoms with Gasteiger partial charge in [-0.25, -0.2) is 4.39 Å². The Morgan fingerprint density at radius 3 is 2.85 bits per heavy atom. The topological polar surface area (TPSA) is 114 Å². The second kappa shape index (κ2) is 8.35. The summed E-state index contributed by atoms with van der Waals surface area (Å²) < 4.78 is 20.9. The summed E-state index contributed by atoms with van der Waals surface area (Å²) in [5, 5.41) is 25.6. The van der Waals surface area contributed by atoms with Gasteiger partial charge in [-0.3, -0.25) is 9.48 Å². The van der Waals surface area contributed by atoms with E-state index in [1.807, 2.05) is 19.1 Å². The van der Waals surface area contributed by atoms with E-state index in [4.69, 9.17) is 16.1 Å². The van der Waals surface area contributed by atoms with Crippen molar-refractivity contribution in [3.05, 3.63) is 81.7 Å². The van der Waals surface area contributed by atoms with Crippen molar-refractivity contribution in [3.8, 4) is 17.5 Å². The average molecular weight is 478 g/mol. The third-order valence-corrected chi connectivity index (χ3v) is 6.53. The van der Waals surface area contributed by atoms with Crippen molar-refractivity contribution >= 4 is 17.5 Å². The Morgan fingerprint density at radius 1 is 1.32 bits per heavy atom. The zero-order valence-corrected chi connectivity index (χ0v) is 18.9. The summed E-state index contributed by atoms with van der Waals surface area (Å²) in [4.78, 5) is 15.1. The maximum Gasteiger partial charge on any atom is 0.293 e. The summed E-state index contributed by atoms with van der Waals surface area (Å²) in [6.45, 7) is 2.11. The van der Waals surface area contributed by atoms with Gasteiger partial charge in [0, 0.05) is 31.1 Å². The molecule has 0 aliphatic carbocycles. The van der Waals surface area contributed by atoms with Crippen LogP contribution in [0.15, 0.2) is 47.2 Å². The number of benzene rings is 1. The number of rotatable bonds is 3. The van der Waals surface area contributed by atoms with E-state index in [-0.39, 0.29) is 29.6 Å². The Labute approximate surface area is 198 Å². The Morgan fingerprint density at radius 2 is 2.15 bits per heavy atom. The molecule has 0 unspecified atom stereocenters. The van der Waals surface area contributed by atoms with Crippen molar-refractivity contribution in [1.29, 1.82) is 5.26 Å². The third-order valence-electron chi connectivity index (χ3n) is 6.06. The quantitative estimate of drug-likeness (QED) is 0.440. The van der Waals surface area contributed by atoms with E-state index in [2.05, 4.69) is 26.5 Å². The SMILES string of the molecule is C[C@H]1c2c(C#N)cccc2[C@@H](c2cnn(C)c2Cl)CN1C(=O)c1cc(-c2nnccc2F)no1. The van der Waals surface area contributed by atoms with Gasteiger partial charge in [-0.15, -0.1) is 5.10 Å². The normalized spacial score (nSPS) is 17.3. The van der Waals surface area contributed by atoms with Crippen molar-refractivity contribution in [2.75, 3.05) is 6.54 Å². The molecule has 1 aliphatic heterocycles. The molecule has 11 heteroatoms. The highest BCUT2D eigenvalue weighted by molar-refractivity contribution is 6.30. The minimum Gasteiger partial charge on any atom is -0.350 e. The van der Waals surface area contributed by atoms with Crippen LogP contribution >= 0.6 is 11.6 Å². The van der Waals surface area contributed by atoms with Crippen LogP contribution in [0.3, 0.4) is 0 Å². The molecule has 3 aromatic heterocycles. The van der Waals surface area contributed by atoms with Crippen LogP contribution in [-0.2, 0) is 7.05 Å². The van der Waals surface area contributed by atoms with Gasteiger partial charge < -0.3 is 9.42 Å². The van der Waals surface area contributed by atoms with Crippen LogP contribution in [0.5, 0.6) is 0 Å². The van der Waals surface area contributed by atoms with E-state index in [0.29, 0.717) is 10.7 Å². The largest absolute Gasteiger partial charge is 0.350 e. The van der Waals surface area contributed by atoms with Gasteiger partial charge in [-0.2, -0.15) is 15.5 Å². The van der Waals surface area contributed by atoms with Gasteiger partial charge in [-0.1, -0.05) is 28.9 Å². The van der Waals surface area contributed by atoms with Gasteiger partial charge in [0.2, 0.25) is 5.76 Å². The summed E-state index contributed by atoms with van der Waals surface area (Å²) in [6, 6.07) is 9.74. The number of fused-ring (bicyclic) bond motifs is 1. The summed E-state index contributed by atoms with van der Waals surface area (Å²) in [7, 11) is 1.73. The number of carbonyl (C=O) groups is 1. The monoisotopic (exact) mass is 477 g/mol. The highest BCUT2D eigenvalue weighted by Gasteiger charge is 2.38. The molecule has 9 nitrogen and oxygen atoms in total. The first-order chi connectivity index (χ1) is 16.4. The van der Waals surface area contributed by atoms with Gasteiger partial charge >= 0.3 is 0 Å². The molecular formula is C23H17ClFN7O2. The predicted octanol–water partition coefficient (Wildman–Crippen LogP) is 3.88. The van der Waals surface area contributed by atoms with E-state index in [9.17, 15) is 14.4 Å². The first-order valence-electron chi connectivity index (χ1n) is 10.4. The number of amides is 1. The smallest absolute Gasteiger partial charge is 0.293 e. The first kappa shape index (κ1) is 21.7. The zero-order chi connectivity index (χ0) is 24.0. The van der Waals surface area contributed by atoms with Crippen molar-refractivity contribution in [2.45, 2.75) is 18.9 Å². The summed E-state index contributed by atoms with van der Waals surface area (Å²) in [6.07, 6.45) is 2.88. The Hall–Kier alpha value is -4.10. The molecule has 0 N–H and O–H groups in total. The van der Waals surface area contributed by atoms with Crippen molar-refractivity contribution < 1.29 is 13.7 Å². The number of nitriles is 1. The molecule has 0 spiro atoms. The molecule has 34 heavy (non-hydrogen) atoms. The highest BCUT2D eigenvalue weighted by Crippen LogP contribution is 2.43. The van der Waals surface area contributed by atoms with Crippen LogP contribution in [0.25, 0.3) is 11.4 Å². The standard InChI is InChI=1S/C23H17ClFN7O2/c1-12-20-13(9-26)4-3-5-14(20)16(15-10-28-31(2)22(15)24)11-32(12)23(33)19-8-18(30-34-19)21-17(25)6-7-27-29-21/h3-8,10,12,16H,11H2,1-2H3/t12-,16-/m0/s1. The molecule has 5 rings (SSSR count). The lowest BCUT2D eigenvalue weighted by Crippen LogP contribution is -2.41. The number of aromatic nitrogens is 5. The Kier molecular flexibility index (Phi) is 5.34. The molecule has 0 bridgehead atoms. The van der Waals surface area contributed by atoms with E-state index >= 15 is 0 Å². The van der Waals surface area contributed by atoms with Crippen molar-refractivity contribution in [1.82, 2.24) is 30.0 Å². The van der Waals surface area contributed by atoms with Gasteiger partial charge in [0.15, 0.2) is 11.5 Å². The summed E-state index contributed by atoms with van der Waals surface area (Å²) in [5.74, 6) is -1.49. The Balaban J connectivity index is 1.57. The number of hydrogen-bond donors (Lipinski definition) is 0. The molecule has 1 aromatic carbocycles. The lowest BCUT2D eigenvalue weighted by Gasteiger charge is -2.39. The molecule has 170 valence electrons. The highest BCUT2D eigenvalue weighted by atomic mass is 35.5. The lowest BCUT2D eigenvalue weighted by molar-refractivity contribution is 0.0622. The number of aryl methyl sites for hydroxylation is 1. The second-order valence-electron chi connectivity index (χ2n) is 7.92. The molecule has 1 amide bonds. The summed E-state index contributed by atoms with van der Waals surface area (Å²) in [5.41, 5.74) is 2.79. The van der Waals surface area contributed by atoms with Gasteiger partial charge in [-0.05, 0) is 30.2 Å². The fourth-order valence-electron chi connectivity index (χ4n) is 4.38. The molecule has 0 saturated carbocycles. The van der Waals surface area contributed by atoms with Crippen molar-refractivity contribution in [2.24, 2.45) is 7.05 Å². The zero-order valence-electron chi connectivity index (χ0n) is 18.1. The molecule has 0 fully saturated rings. The molecular weight excluding hydrogens is 461 g/mol. The minimum absolute atomic E-state index is 0.0589. The van der Waals surface area contributed by atoms with Crippen LogP contribution in [-0.4, -0.2) is 42.5 Å². The number of carbonyl (C=O) groups excluding carboxylic acids is 1. The lowest BCUT2D eigenvalue weighted by atomic mass is 9.80. The third kappa shape index (κ3) is 3.41. The maximum absolute atomic E-state index is 14.1. The number of hydrogen-bond acceptors (Lipinski definition) is 7. The fraction of sp³-hybridized carbons (Fsp3) is 0.217. The van der Waals surface area contributed by atoms with Crippen LogP contribution in [0.4, 0.5) is 4.39 Å². The van der Waals surface area contributed by atoms with Crippen LogP contribution in [0.2, 0.25) is 5.15 Å². The van der Waals surface area contributed by atoms with Gasteiger partial charge in [0.25, 0.3) is 5.91 Å². The van der Waals surface area contributed by atoms with E-state index in [1.165, 1.54) is 12.3 Å². The van der Waals surface area contributed by atoms with Gasteiger partial charge in [0.05, 0.1) is 30.1 Å². The van der Waals surface area contributed by atoms with Crippen LogP contribution in [0, 0.1) is 17.1 Å². The summed E-state index contributed by atoms with van der Waals surface area (Å²) >= 11 is 6.50. The number of halogens is 2.